The van der Waals surface area contributed by atoms with Crippen LogP contribution in [-0.4, -0.2) is 42.1 Å². The van der Waals surface area contributed by atoms with E-state index in [1.54, 1.807) is 11.8 Å². The smallest absolute Gasteiger partial charge is 0.286 e. The van der Waals surface area contributed by atoms with Crippen LogP contribution in [0.2, 0.25) is 0 Å². The number of hydrogen-bond acceptors (Lipinski definition) is 6. The summed E-state index contributed by atoms with van der Waals surface area (Å²) in [6, 6.07) is 1.62. The Morgan fingerprint density at radius 3 is 3.00 bits per heavy atom. The number of H-pyrrole nitrogens is 1. The van der Waals surface area contributed by atoms with Gasteiger partial charge in [-0.3, -0.25) is 14.7 Å². The van der Waals surface area contributed by atoms with Gasteiger partial charge in [-0.05, 0) is 26.7 Å². The molecular weight excluding hydrogens is 312 g/mol. The van der Waals surface area contributed by atoms with Crippen LogP contribution in [0.5, 0.6) is 0 Å². The number of nitrogens with zero attached hydrogens (tertiary/aromatic N) is 5. The third-order valence-corrected chi connectivity index (χ3v) is 4.20. The molecule has 1 amide bonds. The SMILES string of the molecule is Cc1cc([C@@H]2CCCN2C(=O)c2cnc3nc(C)[nH]n3c2=O)on1. The molecule has 1 N–H and O–H groups in total. The monoisotopic (exact) mass is 328 g/mol. The highest BCUT2D eigenvalue weighted by molar-refractivity contribution is 5.94. The van der Waals surface area contributed by atoms with Gasteiger partial charge in [-0.1, -0.05) is 5.16 Å². The predicted octanol–water partition coefficient (Wildman–Crippen LogP) is 1.000. The van der Waals surface area contributed by atoms with E-state index < -0.39 is 5.56 Å². The van der Waals surface area contributed by atoms with E-state index in [9.17, 15) is 9.59 Å². The number of aromatic nitrogens is 5. The molecular formula is C15H16N6O3. The lowest BCUT2D eigenvalue weighted by atomic mass is 10.1. The number of hydrogen-bond donors (Lipinski definition) is 1. The molecule has 1 saturated heterocycles. The average Bonchev–Trinajstić information content (AvgIpc) is 3.25. The van der Waals surface area contributed by atoms with E-state index in [1.165, 1.54) is 10.7 Å². The number of aryl methyl sites for hydroxylation is 2. The highest BCUT2D eigenvalue weighted by atomic mass is 16.5. The van der Waals surface area contributed by atoms with Crippen molar-refractivity contribution in [3.63, 3.8) is 0 Å². The first-order chi connectivity index (χ1) is 11.5. The Kier molecular flexibility index (Phi) is 3.22. The number of carbonyl (C=O) groups excluding carboxylic acids is 1. The number of nitrogens with one attached hydrogen (secondary N) is 1. The van der Waals surface area contributed by atoms with Crippen molar-refractivity contribution in [2.24, 2.45) is 0 Å². The average molecular weight is 328 g/mol. The largest absolute Gasteiger partial charge is 0.359 e. The van der Waals surface area contributed by atoms with Gasteiger partial charge in [-0.25, -0.2) is 4.98 Å². The molecule has 3 aromatic heterocycles. The van der Waals surface area contributed by atoms with Crippen LogP contribution in [0.1, 0.15) is 46.5 Å². The van der Waals surface area contributed by atoms with Crippen molar-refractivity contribution < 1.29 is 9.32 Å². The number of carbonyl (C=O) groups is 1. The Bertz CT molecular complexity index is 985. The van der Waals surface area contributed by atoms with Crippen LogP contribution in [-0.2, 0) is 0 Å². The van der Waals surface area contributed by atoms with Gasteiger partial charge < -0.3 is 9.42 Å². The Hall–Kier alpha value is -2.97. The van der Waals surface area contributed by atoms with Gasteiger partial charge in [0.2, 0.25) is 0 Å². The van der Waals surface area contributed by atoms with E-state index in [1.807, 2.05) is 13.0 Å². The van der Waals surface area contributed by atoms with E-state index in [-0.39, 0.29) is 23.3 Å². The summed E-state index contributed by atoms with van der Waals surface area (Å²) in [5.74, 6) is 1.09. The van der Waals surface area contributed by atoms with Crippen molar-refractivity contribution in [3.05, 3.63) is 45.5 Å². The first-order valence-corrected chi connectivity index (χ1v) is 7.73. The van der Waals surface area contributed by atoms with Crippen molar-refractivity contribution in [2.75, 3.05) is 6.54 Å². The minimum Gasteiger partial charge on any atom is -0.359 e. The number of aromatic amines is 1. The zero-order valence-electron chi connectivity index (χ0n) is 13.3. The quantitative estimate of drug-likeness (QED) is 0.751. The fraction of sp³-hybridized carbons (Fsp3) is 0.400. The van der Waals surface area contributed by atoms with Gasteiger partial charge in [0.15, 0.2) is 5.76 Å². The molecule has 1 aliphatic rings. The molecule has 4 heterocycles. The van der Waals surface area contributed by atoms with Gasteiger partial charge in [0, 0.05) is 18.8 Å². The third kappa shape index (κ3) is 2.20. The summed E-state index contributed by atoms with van der Waals surface area (Å²) in [6.45, 7) is 4.12. The molecule has 1 fully saturated rings. The Morgan fingerprint density at radius 1 is 1.42 bits per heavy atom. The van der Waals surface area contributed by atoms with E-state index in [0.717, 1.165) is 18.5 Å². The predicted molar refractivity (Wildman–Crippen MR) is 82.6 cm³/mol. The minimum absolute atomic E-state index is 0.0132. The second kappa shape index (κ2) is 5.29. The van der Waals surface area contributed by atoms with E-state index in [4.69, 9.17) is 4.52 Å². The summed E-state index contributed by atoms with van der Waals surface area (Å²) in [5.41, 5.74) is 0.324. The number of rotatable bonds is 2. The normalized spacial score (nSPS) is 17.8. The van der Waals surface area contributed by atoms with E-state index >= 15 is 0 Å². The first kappa shape index (κ1) is 14.6. The molecule has 9 heteroatoms. The van der Waals surface area contributed by atoms with Crippen LogP contribution in [0.15, 0.2) is 21.6 Å². The van der Waals surface area contributed by atoms with E-state index in [0.29, 0.717) is 18.1 Å². The Balaban J connectivity index is 1.72. The molecule has 24 heavy (non-hydrogen) atoms. The van der Waals surface area contributed by atoms with Crippen molar-refractivity contribution in [1.29, 1.82) is 0 Å². The zero-order valence-corrected chi connectivity index (χ0v) is 13.3. The molecule has 1 aliphatic heterocycles. The molecule has 0 saturated carbocycles. The summed E-state index contributed by atoms with van der Waals surface area (Å²) in [7, 11) is 0. The number of fused-ring (bicyclic) bond motifs is 1. The van der Waals surface area contributed by atoms with Gasteiger partial charge in [-0.15, -0.1) is 0 Å². The van der Waals surface area contributed by atoms with Crippen LogP contribution >= 0.6 is 0 Å². The second-order valence-electron chi connectivity index (χ2n) is 5.95. The Morgan fingerprint density at radius 2 is 2.25 bits per heavy atom. The fourth-order valence-corrected chi connectivity index (χ4v) is 3.11. The van der Waals surface area contributed by atoms with Gasteiger partial charge in [0.25, 0.3) is 17.2 Å². The van der Waals surface area contributed by atoms with Crippen LogP contribution in [0, 0.1) is 13.8 Å². The van der Waals surface area contributed by atoms with Crippen LogP contribution in [0.25, 0.3) is 5.78 Å². The van der Waals surface area contributed by atoms with Gasteiger partial charge in [0.05, 0.1) is 11.7 Å². The molecule has 0 spiro atoms. The number of likely N-dealkylation sites (tertiary alicyclic amines) is 1. The maximum Gasteiger partial charge on any atom is 0.286 e. The molecule has 0 aromatic carbocycles. The van der Waals surface area contributed by atoms with Crippen LogP contribution in [0.3, 0.4) is 0 Å². The van der Waals surface area contributed by atoms with Crippen LogP contribution < -0.4 is 5.56 Å². The van der Waals surface area contributed by atoms with Gasteiger partial charge in [-0.2, -0.15) is 9.50 Å². The molecule has 0 radical (unpaired) electrons. The molecule has 124 valence electrons. The van der Waals surface area contributed by atoms with Crippen molar-refractivity contribution in [3.8, 4) is 0 Å². The maximum absolute atomic E-state index is 12.9. The second-order valence-corrected chi connectivity index (χ2v) is 5.95. The van der Waals surface area contributed by atoms with E-state index in [2.05, 4.69) is 20.2 Å². The topological polar surface area (TPSA) is 109 Å². The molecule has 3 aromatic rings. The van der Waals surface area contributed by atoms with Gasteiger partial charge >= 0.3 is 0 Å². The van der Waals surface area contributed by atoms with Crippen molar-refractivity contribution in [1.82, 2.24) is 29.6 Å². The molecule has 1 atom stereocenters. The standard InChI is InChI=1S/C15H16N6O3/c1-8-6-12(24-19-8)11-4-3-5-20(11)13(22)10-7-16-15-17-9(2)18-21(15)14(10)23/h6-7,11H,3-5H2,1-2H3,(H,16,17,18)/t11-/m0/s1. The lowest BCUT2D eigenvalue weighted by Gasteiger charge is -2.22. The first-order valence-electron chi connectivity index (χ1n) is 7.73. The summed E-state index contributed by atoms with van der Waals surface area (Å²) < 4.78 is 6.50. The lowest BCUT2D eigenvalue weighted by Crippen LogP contribution is -2.35. The summed E-state index contributed by atoms with van der Waals surface area (Å²) in [5, 5.41) is 6.67. The Labute approximate surface area is 136 Å². The van der Waals surface area contributed by atoms with Crippen LogP contribution in [0.4, 0.5) is 0 Å². The summed E-state index contributed by atoms with van der Waals surface area (Å²) >= 11 is 0. The molecule has 9 nitrogen and oxygen atoms in total. The molecule has 0 unspecified atom stereocenters. The number of amides is 1. The maximum atomic E-state index is 12.9. The summed E-state index contributed by atoms with van der Waals surface area (Å²) in [4.78, 5) is 35.3. The molecule has 4 rings (SSSR count). The molecule has 0 aliphatic carbocycles. The highest BCUT2D eigenvalue weighted by Crippen LogP contribution is 2.33. The van der Waals surface area contributed by atoms with Gasteiger partial charge in [0.1, 0.15) is 11.4 Å². The summed E-state index contributed by atoms with van der Waals surface area (Å²) in [6.07, 6.45) is 2.91. The zero-order chi connectivity index (χ0) is 16.8. The lowest BCUT2D eigenvalue weighted by molar-refractivity contribution is 0.0712. The third-order valence-electron chi connectivity index (χ3n) is 4.20. The van der Waals surface area contributed by atoms with Crippen molar-refractivity contribution in [2.45, 2.75) is 32.7 Å². The minimum atomic E-state index is -0.454. The fourth-order valence-electron chi connectivity index (χ4n) is 3.11. The molecule has 0 bridgehead atoms. The highest BCUT2D eigenvalue weighted by Gasteiger charge is 2.34. The van der Waals surface area contributed by atoms with Crippen molar-refractivity contribution >= 4 is 11.7 Å².